The molecular formula is C37H31N3O4. The largest absolute Gasteiger partial charge is 0.486 e. The molecule has 4 aromatic carbocycles. The van der Waals surface area contributed by atoms with Crippen molar-refractivity contribution in [2.24, 2.45) is 9.98 Å². The molecule has 7 rings (SSSR count). The molecule has 5 aromatic rings. The molecule has 44 heavy (non-hydrogen) atoms. The van der Waals surface area contributed by atoms with E-state index in [1.165, 1.54) is 0 Å². The highest BCUT2D eigenvalue weighted by Crippen LogP contribution is 2.30. The van der Waals surface area contributed by atoms with Crippen LogP contribution in [0.1, 0.15) is 45.7 Å². The number of benzene rings is 4. The van der Waals surface area contributed by atoms with Crippen molar-refractivity contribution in [2.45, 2.75) is 25.3 Å². The van der Waals surface area contributed by atoms with Crippen LogP contribution in [0.25, 0.3) is 0 Å². The Hall–Kier alpha value is -5.43. The predicted octanol–water partition coefficient (Wildman–Crippen LogP) is 7.28. The summed E-state index contributed by atoms with van der Waals surface area (Å²) in [7, 11) is 0. The maximum atomic E-state index is 6.23. The first-order valence-corrected chi connectivity index (χ1v) is 14.7. The first kappa shape index (κ1) is 27.4. The minimum Gasteiger partial charge on any atom is -0.486 e. The number of ether oxygens (including phenoxy) is 4. The van der Waals surface area contributed by atoms with Crippen LogP contribution in [0, 0.1) is 0 Å². The summed E-state index contributed by atoms with van der Waals surface area (Å²) in [4.78, 5) is 14.5. The number of para-hydroxylation sites is 2. The van der Waals surface area contributed by atoms with Gasteiger partial charge in [0.1, 0.15) is 50.0 Å². The van der Waals surface area contributed by atoms with Crippen LogP contribution < -0.4 is 9.47 Å². The smallest absolute Gasteiger partial charge is 0.220 e. The van der Waals surface area contributed by atoms with Crippen molar-refractivity contribution < 1.29 is 18.9 Å². The SMILES string of the molecule is c1ccc(C2COC(c3ccccc3OCc3cccc(COc4ccccc4C4=NC(c5ccccc5)CO4)n3)=N2)cc1. The molecule has 7 heteroatoms. The molecule has 0 spiro atoms. The zero-order valence-electron chi connectivity index (χ0n) is 24.1. The van der Waals surface area contributed by atoms with E-state index in [4.69, 9.17) is 33.9 Å². The Labute approximate surface area is 256 Å². The number of rotatable bonds is 10. The van der Waals surface area contributed by atoms with Crippen molar-refractivity contribution in [2.75, 3.05) is 13.2 Å². The Bertz CT molecular complexity index is 1660. The highest BCUT2D eigenvalue weighted by atomic mass is 16.5. The molecule has 0 bridgehead atoms. The number of aromatic nitrogens is 1. The molecule has 2 unspecified atom stereocenters. The fraction of sp³-hybridized carbons (Fsp3) is 0.162. The zero-order valence-corrected chi connectivity index (χ0v) is 24.1. The van der Waals surface area contributed by atoms with Gasteiger partial charge in [-0.3, -0.25) is 4.98 Å². The maximum absolute atomic E-state index is 6.23. The van der Waals surface area contributed by atoms with Crippen molar-refractivity contribution in [3.63, 3.8) is 0 Å². The van der Waals surface area contributed by atoms with Gasteiger partial charge in [0.2, 0.25) is 11.8 Å². The molecule has 0 saturated carbocycles. The Morgan fingerprint density at radius 2 is 0.932 bits per heavy atom. The van der Waals surface area contributed by atoms with Crippen molar-refractivity contribution in [1.29, 1.82) is 0 Å². The molecule has 0 saturated heterocycles. The van der Waals surface area contributed by atoms with E-state index in [0.717, 1.165) is 33.6 Å². The molecule has 2 aliphatic rings. The second-order valence-corrected chi connectivity index (χ2v) is 10.5. The lowest BCUT2D eigenvalue weighted by molar-refractivity contribution is 0.285. The van der Waals surface area contributed by atoms with E-state index < -0.39 is 0 Å². The number of pyridine rings is 1. The van der Waals surface area contributed by atoms with Crippen molar-refractivity contribution in [1.82, 2.24) is 4.98 Å². The molecule has 0 fully saturated rings. The number of aliphatic imine (C=N–C) groups is 2. The van der Waals surface area contributed by atoms with Crippen molar-refractivity contribution >= 4 is 11.8 Å². The van der Waals surface area contributed by atoms with Crippen molar-refractivity contribution in [3.05, 3.63) is 161 Å². The predicted molar refractivity (Wildman–Crippen MR) is 169 cm³/mol. The van der Waals surface area contributed by atoms with Gasteiger partial charge in [0, 0.05) is 0 Å². The summed E-state index contributed by atoms with van der Waals surface area (Å²) in [6, 6.07) is 41.8. The Kier molecular flexibility index (Phi) is 7.99. The summed E-state index contributed by atoms with van der Waals surface area (Å²) in [5.41, 5.74) is 5.50. The fourth-order valence-electron chi connectivity index (χ4n) is 5.27. The van der Waals surface area contributed by atoms with Gasteiger partial charge >= 0.3 is 0 Å². The first-order valence-electron chi connectivity index (χ1n) is 14.7. The lowest BCUT2D eigenvalue weighted by atomic mass is 10.1. The lowest BCUT2D eigenvalue weighted by Gasteiger charge is -2.13. The van der Waals surface area contributed by atoms with Crippen LogP contribution in [0.5, 0.6) is 11.5 Å². The van der Waals surface area contributed by atoms with Gasteiger partial charge in [0.05, 0.1) is 22.5 Å². The quantitative estimate of drug-likeness (QED) is 0.173. The number of hydrogen-bond acceptors (Lipinski definition) is 7. The summed E-state index contributed by atoms with van der Waals surface area (Å²) in [5, 5.41) is 0. The molecule has 0 radical (unpaired) electrons. The normalized spacial score (nSPS) is 17.3. The average Bonchev–Trinajstić information content (AvgIpc) is 3.79. The van der Waals surface area contributed by atoms with Crippen LogP contribution in [0.15, 0.2) is 137 Å². The Balaban J connectivity index is 1.01. The highest BCUT2D eigenvalue weighted by molar-refractivity contribution is 5.98. The molecule has 2 aliphatic heterocycles. The van der Waals surface area contributed by atoms with E-state index >= 15 is 0 Å². The van der Waals surface area contributed by atoms with Gasteiger partial charge in [-0.05, 0) is 47.5 Å². The number of nitrogens with zero attached hydrogens (tertiary/aromatic N) is 3. The molecule has 7 nitrogen and oxygen atoms in total. The van der Waals surface area contributed by atoms with Crippen LogP contribution in [0.2, 0.25) is 0 Å². The summed E-state index contributed by atoms with van der Waals surface area (Å²) in [6.45, 7) is 1.60. The van der Waals surface area contributed by atoms with Crippen LogP contribution in [-0.4, -0.2) is 30.0 Å². The molecule has 0 amide bonds. The van der Waals surface area contributed by atoms with Gasteiger partial charge in [-0.15, -0.1) is 0 Å². The minimum absolute atomic E-state index is 0.0275. The van der Waals surface area contributed by atoms with E-state index in [0.29, 0.717) is 49.7 Å². The number of hydrogen-bond donors (Lipinski definition) is 0. The molecule has 218 valence electrons. The summed E-state index contributed by atoms with van der Waals surface area (Å²) in [5.74, 6) is 2.58. The zero-order chi connectivity index (χ0) is 29.6. The van der Waals surface area contributed by atoms with E-state index in [9.17, 15) is 0 Å². The standard InChI is InChI=1S/C37H31N3O4/c1-3-12-26(13-4-1)32-24-43-36(39-32)30-18-7-9-20-34(30)41-22-28-16-11-17-29(38-28)23-42-35-21-10-8-19-31(35)37-40-33(25-44-37)27-14-5-2-6-15-27/h1-21,32-33H,22-25H2. The molecule has 2 atom stereocenters. The third-order valence-electron chi connectivity index (χ3n) is 7.52. The Morgan fingerprint density at radius 3 is 1.41 bits per heavy atom. The van der Waals surface area contributed by atoms with Gasteiger partial charge in [-0.25, -0.2) is 9.98 Å². The van der Waals surface area contributed by atoms with E-state index in [-0.39, 0.29) is 12.1 Å². The maximum Gasteiger partial charge on any atom is 0.220 e. The second-order valence-electron chi connectivity index (χ2n) is 10.5. The topological polar surface area (TPSA) is 74.5 Å². The summed E-state index contributed by atoms with van der Waals surface area (Å²) in [6.07, 6.45) is 0. The average molecular weight is 582 g/mol. The van der Waals surface area contributed by atoms with Crippen molar-refractivity contribution in [3.8, 4) is 11.5 Å². The molecular weight excluding hydrogens is 550 g/mol. The third kappa shape index (κ3) is 6.17. The van der Waals surface area contributed by atoms with Gasteiger partial charge in [0.25, 0.3) is 0 Å². The monoisotopic (exact) mass is 581 g/mol. The molecule has 0 aliphatic carbocycles. The minimum atomic E-state index is -0.0275. The van der Waals surface area contributed by atoms with E-state index in [1.807, 2.05) is 103 Å². The summed E-state index contributed by atoms with van der Waals surface area (Å²) >= 11 is 0. The second kappa shape index (κ2) is 12.8. The van der Waals surface area contributed by atoms with Gasteiger partial charge in [-0.1, -0.05) is 91.0 Å². The van der Waals surface area contributed by atoms with E-state index in [2.05, 4.69) is 24.3 Å². The molecule has 0 N–H and O–H groups in total. The van der Waals surface area contributed by atoms with Gasteiger partial charge in [-0.2, -0.15) is 0 Å². The van der Waals surface area contributed by atoms with Crippen LogP contribution >= 0.6 is 0 Å². The van der Waals surface area contributed by atoms with Gasteiger partial charge in [0.15, 0.2) is 0 Å². The van der Waals surface area contributed by atoms with Crippen LogP contribution in [0.4, 0.5) is 0 Å². The van der Waals surface area contributed by atoms with Gasteiger partial charge < -0.3 is 18.9 Å². The summed E-state index contributed by atoms with van der Waals surface area (Å²) < 4.78 is 24.4. The van der Waals surface area contributed by atoms with E-state index in [1.54, 1.807) is 0 Å². The first-order chi connectivity index (χ1) is 21.8. The van der Waals surface area contributed by atoms with Crippen LogP contribution in [0.3, 0.4) is 0 Å². The molecule has 1 aromatic heterocycles. The fourth-order valence-corrected chi connectivity index (χ4v) is 5.27. The van der Waals surface area contributed by atoms with Crippen LogP contribution in [-0.2, 0) is 22.7 Å². The Morgan fingerprint density at radius 1 is 0.500 bits per heavy atom. The lowest BCUT2D eigenvalue weighted by Crippen LogP contribution is -2.08. The highest BCUT2D eigenvalue weighted by Gasteiger charge is 2.25. The third-order valence-corrected chi connectivity index (χ3v) is 7.52. The molecule has 3 heterocycles.